The second-order valence-electron chi connectivity index (χ2n) is 9.45. The van der Waals surface area contributed by atoms with Gasteiger partial charge in [0.25, 0.3) is 0 Å². The van der Waals surface area contributed by atoms with Gasteiger partial charge in [-0.15, -0.1) is 0 Å². The summed E-state index contributed by atoms with van der Waals surface area (Å²) in [5.74, 6) is 0.148. The third-order valence-corrected chi connectivity index (χ3v) is 6.74. The number of rotatable bonds is 2. The molecule has 1 aromatic heterocycles. The summed E-state index contributed by atoms with van der Waals surface area (Å²) >= 11 is 0. The summed E-state index contributed by atoms with van der Waals surface area (Å²) in [6, 6.07) is 6.04. The molecule has 8 heteroatoms. The van der Waals surface area contributed by atoms with E-state index in [9.17, 15) is 9.41 Å². The van der Waals surface area contributed by atoms with Gasteiger partial charge in [-0.1, -0.05) is 0 Å². The first-order valence-electron chi connectivity index (χ1n) is 9.81. The van der Waals surface area contributed by atoms with Gasteiger partial charge in [0.05, 0.1) is 18.8 Å². The number of aromatic nitrogens is 2. The third kappa shape index (κ3) is 2.55. The number of hydrogen-bond donors (Lipinski definition) is 1. The molecule has 1 saturated carbocycles. The van der Waals surface area contributed by atoms with Crippen LogP contribution in [-0.4, -0.2) is 39.4 Å². The predicted molar refractivity (Wildman–Crippen MR) is 103 cm³/mol. The fourth-order valence-corrected chi connectivity index (χ4v) is 4.16. The van der Waals surface area contributed by atoms with Gasteiger partial charge in [-0.2, -0.15) is 5.10 Å². The molecule has 2 aromatic rings. The van der Waals surface area contributed by atoms with E-state index in [1.54, 1.807) is 16.8 Å². The molecule has 0 unspecified atom stereocenters. The van der Waals surface area contributed by atoms with Gasteiger partial charge in [0, 0.05) is 16.6 Å². The van der Waals surface area contributed by atoms with Crippen molar-refractivity contribution in [2.75, 3.05) is 6.61 Å². The van der Waals surface area contributed by atoms with Crippen molar-refractivity contribution in [1.82, 2.24) is 9.78 Å². The molecule has 1 aliphatic carbocycles. The highest BCUT2D eigenvalue weighted by molar-refractivity contribution is 6.77. The summed E-state index contributed by atoms with van der Waals surface area (Å²) < 4.78 is 33.6. The maximum Gasteiger partial charge on any atom is 0.415 e. The van der Waals surface area contributed by atoms with Crippen LogP contribution in [0.25, 0.3) is 11.3 Å². The van der Waals surface area contributed by atoms with Crippen LogP contribution in [0.3, 0.4) is 0 Å². The highest BCUT2D eigenvalue weighted by Crippen LogP contribution is 2.51. The molecule has 3 aliphatic rings. The van der Waals surface area contributed by atoms with Crippen LogP contribution in [0.1, 0.15) is 40.5 Å². The Kier molecular flexibility index (Phi) is 3.48. The summed E-state index contributed by atoms with van der Waals surface area (Å²) in [5, 5.41) is 16.3. The Morgan fingerprint density at radius 1 is 1.07 bits per heavy atom. The lowest BCUT2D eigenvalue weighted by Gasteiger charge is -2.36. The SMILES string of the molecule is CC1(C)O[B-](O)(c2c(-c3ccc(F)cc3)nn3c2OCC2(CC2)C3)OC1(C)C. The van der Waals surface area contributed by atoms with Gasteiger partial charge in [-0.25, -0.2) is 9.07 Å². The van der Waals surface area contributed by atoms with Gasteiger partial charge in [0.15, 0.2) is 5.88 Å². The number of hydrogen-bond acceptors (Lipinski definition) is 5. The lowest BCUT2D eigenvalue weighted by atomic mass is 9.68. The first kappa shape index (κ1) is 18.2. The average molecular weight is 387 g/mol. The molecular formula is C20H25BFN2O4-. The lowest BCUT2D eigenvalue weighted by Crippen LogP contribution is -2.53. The van der Waals surface area contributed by atoms with Crippen LogP contribution < -0.4 is 10.2 Å². The second kappa shape index (κ2) is 5.37. The van der Waals surface area contributed by atoms with Crippen molar-refractivity contribution in [2.24, 2.45) is 5.41 Å². The third-order valence-electron chi connectivity index (χ3n) is 6.74. The van der Waals surface area contributed by atoms with Crippen LogP contribution in [0.5, 0.6) is 5.88 Å². The molecule has 3 heterocycles. The Morgan fingerprint density at radius 3 is 2.25 bits per heavy atom. The Bertz CT molecular complexity index is 934. The zero-order valence-corrected chi connectivity index (χ0v) is 16.7. The molecule has 1 saturated heterocycles. The molecule has 0 atom stereocenters. The van der Waals surface area contributed by atoms with Crippen LogP contribution in [0.15, 0.2) is 24.3 Å². The summed E-state index contributed by atoms with van der Waals surface area (Å²) in [5.41, 5.74) is 0.287. The van der Waals surface area contributed by atoms with Gasteiger partial charge in [-0.05, 0) is 75.8 Å². The standard InChI is InChI=1S/C20H25BFN2O4/c1-18(2)19(3,4)28-21(25,27-18)15-16(13-5-7-14(22)8-6-13)23-24-11-20(9-10-20)12-26-17(15)24/h5-8,25H,9-12H2,1-4H3/q-1. The van der Waals surface area contributed by atoms with Crippen molar-refractivity contribution in [1.29, 1.82) is 0 Å². The van der Waals surface area contributed by atoms with Crippen LogP contribution in [0.2, 0.25) is 0 Å². The number of ether oxygens (including phenoxy) is 1. The van der Waals surface area contributed by atoms with Crippen LogP contribution >= 0.6 is 0 Å². The van der Waals surface area contributed by atoms with E-state index in [1.165, 1.54) is 12.1 Å². The normalized spacial score (nSPS) is 25.4. The fourth-order valence-electron chi connectivity index (χ4n) is 4.16. The van der Waals surface area contributed by atoms with E-state index in [0.717, 1.165) is 19.4 Å². The molecule has 6 nitrogen and oxygen atoms in total. The van der Waals surface area contributed by atoms with Crippen molar-refractivity contribution < 1.29 is 23.5 Å². The van der Waals surface area contributed by atoms with Gasteiger partial charge in [-0.3, -0.25) is 0 Å². The molecule has 2 fully saturated rings. The molecule has 2 aliphatic heterocycles. The molecule has 1 aromatic carbocycles. The summed E-state index contributed by atoms with van der Waals surface area (Å²) in [7, 11) is 0. The van der Waals surface area contributed by atoms with Gasteiger partial charge >= 0.3 is 6.75 Å². The average Bonchev–Trinajstić information content (AvgIpc) is 3.17. The zero-order chi connectivity index (χ0) is 19.9. The van der Waals surface area contributed by atoms with E-state index in [-0.39, 0.29) is 11.2 Å². The monoisotopic (exact) mass is 387 g/mol. The molecule has 5 rings (SSSR count). The van der Waals surface area contributed by atoms with Crippen molar-refractivity contribution >= 4 is 12.2 Å². The number of halogens is 1. The van der Waals surface area contributed by atoms with Crippen molar-refractivity contribution in [3.63, 3.8) is 0 Å². The zero-order valence-electron chi connectivity index (χ0n) is 16.7. The molecule has 150 valence electrons. The summed E-state index contributed by atoms with van der Waals surface area (Å²) in [4.78, 5) is 0. The minimum Gasteiger partial charge on any atom is -0.555 e. The summed E-state index contributed by atoms with van der Waals surface area (Å²) in [6.45, 7) is 6.05. The Labute approximate surface area is 163 Å². The molecule has 1 N–H and O–H groups in total. The quantitative estimate of drug-likeness (QED) is 0.803. The van der Waals surface area contributed by atoms with E-state index in [0.29, 0.717) is 29.2 Å². The lowest BCUT2D eigenvalue weighted by molar-refractivity contribution is 0.00578. The molecular weight excluding hydrogens is 362 g/mol. The van der Waals surface area contributed by atoms with E-state index >= 15 is 0 Å². The van der Waals surface area contributed by atoms with E-state index < -0.39 is 18.0 Å². The maximum atomic E-state index is 13.5. The Morgan fingerprint density at radius 2 is 1.68 bits per heavy atom. The number of nitrogens with zero attached hydrogens (tertiary/aromatic N) is 2. The highest BCUT2D eigenvalue weighted by Gasteiger charge is 2.56. The van der Waals surface area contributed by atoms with E-state index in [4.69, 9.17) is 19.1 Å². The van der Waals surface area contributed by atoms with E-state index in [2.05, 4.69) is 0 Å². The van der Waals surface area contributed by atoms with Crippen molar-refractivity contribution in [2.45, 2.75) is 58.3 Å². The van der Waals surface area contributed by atoms with Gasteiger partial charge in [0.2, 0.25) is 0 Å². The maximum absolute atomic E-state index is 13.5. The number of fused-ring (bicyclic) bond motifs is 1. The van der Waals surface area contributed by atoms with Crippen molar-refractivity contribution in [3.05, 3.63) is 30.1 Å². The van der Waals surface area contributed by atoms with E-state index in [1.807, 2.05) is 27.7 Å². The van der Waals surface area contributed by atoms with Gasteiger partial charge in [0.1, 0.15) is 5.82 Å². The first-order chi connectivity index (χ1) is 13.0. The minimum absolute atomic E-state index is 0.141. The van der Waals surface area contributed by atoms with Crippen LogP contribution in [0, 0.1) is 11.2 Å². The first-order valence-corrected chi connectivity index (χ1v) is 9.81. The summed E-state index contributed by atoms with van der Waals surface area (Å²) in [6.07, 6.45) is 2.21. The number of benzene rings is 1. The molecule has 1 spiro atoms. The molecule has 0 radical (unpaired) electrons. The second-order valence-corrected chi connectivity index (χ2v) is 9.45. The molecule has 0 bridgehead atoms. The Hall–Kier alpha value is -1.90. The minimum atomic E-state index is -2.83. The molecule has 28 heavy (non-hydrogen) atoms. The van der Waals surface area contributed by atoms with Crippen LogP contribution in [0.4, 0.5) is 4.39 Å². The van der Waals surface area contributed by atoms with Gasteiger partial charge < -0.3 is 19.1 Å². The van der Waals surface area contributed by atoms with Crippen molar-refractivity contribution in [3.8, 4) is 17.1 Å². The molecule has 0 amide bonds. The Balaban J connectivity index is 1.68. The van der Waals surface area contributed by atoms with Crippen LogP contribution in [-0.2, 0) is 15.9 Å². The predicted octanol–water partition coefficient (Wildman–Crippen LogP) is 2.60. The highest BCUT2D eigenvalue weighted by atomic mass is 19.1. The topological polar surface area (TPSA) is 65.7 Å². The largest absolute Gasteiger partial charge is 0.555 e. The smallest absolute Gasteiger partial charge is 0.415 e. The fraction of sp³-hybridized carbons (Fsp3) is 0.550.